The molecule has 1 aromatic heterocycles. The molecule has 0 aliphatic heterocycles. The second kappa shape index (κ2) is 7.63. The molecule has 106 valence electrons. The molecule has 0 amide bonds. The molecule has 1 aliphatic carbocycles. The quantitative estimate of drug-likeness (QED) is 0.701. The van der Waals surface area contributed by atoms with E-state index in [2.05, 4.69) is 4.99 Å². The lowest BCUT2D eigenvalue weighted by atomic mass is 9.81. The van der Waals surface area contributed by atoms with Gasteiger partial charge >= 0.3 is 0 Å². The van der Waals surface area contributed by atoms with E-state index >= 15 is 0 Å². The van der Waals surface area contributed by atoms with Gasteiger partial charge in [-0.3, -0.25) is 9.79 Å². The Morgan fingerprint density at radius 2 is 2.30 bits per heavy atom. The van der Waals surface area contributed by atoms with Crippen molar-refractivity contribution in [2.75, 3.05) is 7.05 Å². The maximum Gasteiger partial charge on any atom is 0.136 e. The highest BCUT2D eigenvalue weighted by atomic mass is 16.3. The van der Waals surface area contributed by atoms with Gasteiger partial charge in [0, 0.05) is 19.9 Å². The van der Waals surface area contributed by atoms with Gasteiger partial charge < -0.3 is 4.42 Å². The molecular weight excluding hydrogens is 250 g/mol. The zero-order valence-corrected chi connectivity index (χ0v) is 11.9. The molecular formula is C17H21NO2. The van der Waals surface area contributed by atoms with E-state index in [0.717, 1.165) is 17.9 Å². The third-order valence-corrected chi connectivity index (χ3v) is 3.59. The summed E-state index contributed by atoms with van der Waals surface area (Å²) < 4.78 is 5.21. The molecule has 1 aliphatic rings. The average Bonchev–Trinajstić information content (AvgIpc) is 2.91. The SMILES string of the molecule is CN=C(/C=C\CC(=O)CC1CCC1)/C=C/c1ccco1. The van der Waals surface area contributed by atoms with Crippen LogP contribution >= 0.6 is 0 Å². The Kier molecular flexibility index (Phi) is 5.54. The van der Waals surface area contributed by atoms with Crippen LogP contribution in [0, 0.1) is 5.92 Å². The molecule has 1 saturated carbocycles. The molecule has 1 heterocycles. The summed E-state index contributed by atoms with van der Waals surface area (Å²) in [5.74, 6) is 1.77. The maximum atomic E-state index is 11.7. The summed E-state index contributed by atoms with van der Waals surface area (Å²) in [6.45, 7) is 0. The highest BCUT2D eigenvalue weighted by Gasteiger charge is 2.19. The Morgan fingerprint density at radius 3 is 2.90 bits per heavy atom. The first kappa shape index (κ1) is 14.5. The minimum atomic E-state index is 0.330. The first-order valence-corrected chi connectivity index (χ1v) is 7.14. The first-order valence-electron chi connectivity index (χ1n) is 7.14. The third-order valence-electron chi connectivity index (χ3n) is 3.59. The average molecular weight is 271 g/mol. The van der Waals surface area contributed by atoms with Crippen molar-refractivity contribution < 1.29 is 9.21 Å². The van der Waals surface area contributed by atoms with Crippen LogP contribution in [-0.2, 0) is 4.79 Å². The molecule has 0 N–H and O–H groups in total. The van der Waals surface area contributed by atoms with Crippen LogP contribution in [-0.4, -0.2) is 18.5 Å². The molecule has 0 unspecified atom stereocenters. The summed E-state index contributed by atoms with van der Waals surface area (Å²) in [6.07, 6.45) is 14.2. The van der Waals surface area contributed by atoms with E-state index in [-0.39, 0.29) is 0 Å². The normalized spacial score (nSPS) is 16.9. The summed E-state index contributed by atoms with van der Waals surface area (Å²) >= 11 is 0. The first-order chi connectivity index (χ1) is 9.78. The fourth-order valence-electron chi connectivity index (χ4n) is 2.17. The number of ketones is 1. The molecule has 1 fully saturated rings. The number of nitrogens with zero attached hydrogens (tertiary/aromatic N) is 1. The molecule has 0 spiro atoms. The second-order valence-electron chi connectivity index (χ2n) is 5.14. The second-order valence-corrected chi connectivity index (χ2v) is 5.14. The van der Waals surface area contributed by atoms with Crippen LogP contribution in [0.2, 0.25) is 0 Å². The van der Waals surface area contributed by atoms with Crippen LogP contribution in [0.3, 0.4) is 0 Å². The van der Waals surface area contributed by atoms with Gasteiger partial charge in [0.1, 0.15) is 11.5 Å². The Hall–Kier alpha value is -1.90. The van der Waals surface area contributed by atoms with Gasteiger partial charge in [-0.1, -0.05) is 25.3 Å². The van der Waals surface area contributed by atoms with E-state index in [1.807, 2.05) is 36.4 Å². The van der Waals surface area contributed by atoms with Crippen LogP contribution in [0.25, 0.3) is 6.08 Å². The maximum absolute atomic E-state index is 11.7. The lowest BCUT2D eigenvalue weighted by Gasteiger charge is -2.24. The van der Waals surface area contributed by atoms with Crippen molar-refractivity contribution in [1.29, 1.82) is 0 Å². The van der Waals surface area contributed by atoms with E-state index in [1.54, 1.807) is 13.3 Å². The van der Waals surface area contributed by atoms with E-state index in [4.69, 9.17) is 4.42 Å². The van der Waals surface area contributed by atoms with Gasteiger partial charge in [-0.25, -0.2) is 0 Å². The van der Waals surface area contributed by atoms with Gasteiger partial charge in [-0.2, -0.15) is 0 Å². The van der Waals surface area contributed by atoms with Gasteiger partial charge in [0.15, 0.2) is 0 Å². The van der Waals surface area contributed by atoms with Crippen LogP contribution in [0.15, 0.2) is 46.0 Å². The van der Waals surface area contributed by atoms with Gasteiger partial charge in [0.05, 0.1) is 12.0 Å². The van der Waals surface area contributed by atoms with Crippen molar-refractivity contribution in [2.45, 2.75) is 32.1 Å². The fraction of sp³-hybridized carbons (Fsp3) is 0.412. The van der Waals surface area contributed by atoms with Crippen molar-refractivity contribution in [3.8, 4) is 0 Å². The smallest absolute Gasteiger partial charge is 0.136 e. The monoisotopic (exact) mass is 271 g/mol. The lowest BCUT2D eigenvalue weighted by molar-refractivity contribution is -0.119. The number of carbonyl (C=O) groups excluding carboxylic acids is 1. The summed E-state index contributed by atoms with van der Waals surface area (Å²) in [4.78, 5) is 15.9. The van der Waals surface area contributed by atoms with Crippen molar-refractivity contribution in [2.24, 2.45) is 10.9 Å². The highest BCUT2D eigenvalue weighted by molar-refractivity contribution is 6.06. The molecule has 0 aromatic carbocycles. The van der Waals surface area contributed by atoms with Crippen molar-refractivity contribution in [3.63, 3.8) is 0 Å². The van der Waals surface area contributed by atoms with Gasteiger partial charge in [0.25, 0.3) is 0 Å². The summed E-state index contributed by atoms with van der Waals surface area (Å²) in [6, 6.07) is 3.73. The number of hydrogen-bond donors (Lipinski definition) is 0. The number of allylic oxidation sites excluding steroid dienone is 3. The number of rotatable bonds is 7. The number of Topliss-reactive ketones (excluding diaryl/α,β-unsaturated/α-hetero) is 1. The predicted molar refractivity (Wildman–Crippen MR) is 81.8 cm³/mol. The third kappa shape index (κ3) is 4.65. The number of carbonyl (C=O) groups is 1. The lowest BCUT2D eigenvalue weighted by Crippen LogP contribution is -2.15. The molecule has 1 aromatic rings. The minimum absolute atomic E-state index is 0.330. The van der Waals surface area contributed by atoms with E-state index in [9.17, 15) is 4.79 Å². The molecule has 0 bridgehead atoms. The van der Waals surface area contributed by atoms with Gasteiger partial charge in [-0.05, 0) is 36.3 Å². The predicted octanol–water partition coefficient (Wildman–Crippen LogP) is 4.07. The summed E-state index contributed by atoms with van der Waals surface area (Å²) in [5, 5.41) is 0. The molecule has 0 radical (unpaired) electrons. The number of hydrogen-bond acceptors (Lipinski definition) is 3. The van der Waals surface area contributed by atoms with E-state index < -0.39 is 0 Å². The van der Waals surface area contributed by atoms with Crippen LogP contribution in [0.1, 0.15) is 37.9 Å². The summed E-state index contributed by atoms with van der Waals surface area (Å²) in [7, 11) is 1.74. The van der Waals surface area contributed by atoms with E-state index in [1.165, 1.54) is 19.3 Å². The Labute approximate surface area is 120 Å². The zero-order chi connectivity index (χ0) is 14.2. The number of aliphatic imine (C=N–C) groups is 1. The van der Waals surface area contributed by atoms with Crippen LogP contribution in [0.5, 0.6) is 0 Å². The highest BCUT2D eigenvalue weighted by Crippen LogP contribution is 2.29. The Balaban J connectivity index is 1.77. The topological polar surface area (TPSA) is 42.6 Å². The Morgan fingerprint density at radius 1 is 1.45 bits per heavy atom. The largest absolute Gasteiger partial charge is 0.465 e. The van der Waals surface area contributed by atoms with E-state index in [0.29, 0.717) is 18.1 Å². The van der Waals surface area contributed by atoms with Gasteiger partial charge in [0.2, 0.25) is 0 Å². The number of furan rings is 1. The molecule has 3 heteroatoms. The molecule has 0 saturated heterocycles. The fourth-order valence-corrected chi connectivity index (χ4v) is 2.17. The molecule has 3 nitrogen and oxygen atoms in total. The van der Waals surface area contributed by atoms with Gasteiger partial charge in [-0.15, -0.1) is 0 Å². The molecule has 0 atom stereocenters. The minimum Gasteiger partial charge on any atom is -0.465 e. The molecule has 2 rings (SSSR count). The van der Waals surface area contributed by atoms with Crippen LogP contribution < -0.4 is 0 Å². The van der Waals surface area contributed by atoms with Crippen LogP contribution in [0.4, 0.5) is 0 Å². The van der Waals surface area contributed by atoms with Crippen molar-refractivity contribution >= 4 is 17.6 Å². The Bertz CT molecular complexity index is 505. The molecule has 20 heavy (non-hydrogen) atoms. The van der Waals surface area contributed by atoms with Crippen molar-refractivity contribution in [1.82, 2.24) is 0 Å². The van der Waals surface area contributed by atoms with Crippen molar-refractivity contribution in [3.05, 3.63) is 42.4 Å². The standard InChI is InChI=1S/C17H21NO2/c1-18-15(10-11-17-9-4-12-20-17)7-3-8-16(19)13-14-5-2-6-14/h3-4,7,9-12,14H,2,5-6,8,13H2,1H3/b7-3-,11-10+,18-15?. The zero-order valence-electron chi connectivity index (χ0n) is 11.9. The summed E-state index contributed by atoms with van der Waals surface area (Å²) in [5.41, 5.74) is 0.831.